The Morgan fingerprint density at radius 3 is 1.12 bits per heavy atom. The standard InChI is InChI=1S/C38H18S2Se2/c1-3-41-37-15-27-9-25-13-33-29(11-23(25)7-21(27)5-19(1)37)31-17-36-32(18-35(31)39-33)30-12-24-8-22-6-20-2-4-42-38(20)16-28(22)10-26(24)14-34(30)40-36/h1-18H. The van der Waals surface area contributed by atoms with Gasteiger partial charge in [-0.15, -0.1) is 0 Å². The minimum atomic E-state index is 0.475. The van der Waals surface area contributed by atoms with E-state index in [1.165, 1.54) is 103 Å². The SMILES string of the molecule is c1cc2cc3cc4cc5c(cc4cc3cc2[se]1)sc1cc2c(cc15)sc1cc3cc4cc5[se]ccc5cc4cc3cc12. The zero-order valence-corrected chi connectivity index (χ0v) is 27.1. The van der Waals surface area contributed by atoms with Crippen LogP contribution in [0.15, 0.2) is 107 Å². The predicted molar refractivity (Wildman–Crippen MR) is 191 cm³/mol. The maximum atomic E-state index is 2.46. The van der Waals surface area contributed by atoms with E-state index in [0.29, 0.717) is 29.0 Å². The number of hydrogen-bond donors (Lipinski definition) is 0. The molecule has 0 aliphatic heterocycles. The van der Waals surface area contributed by atoms with Crippen molar-refractivity contribution in [3.05, 3.63) is 107 Å². The molecular weight excluding hydrogens is 678 g/mol. The topological polar surface area (TPSA) is 0 Å². The Morgan fingerprint density at radius 2 is 0.643 bits per heavy atom. The molecule has 4 aromatic heterocycles. The first-order valence-electron chi connectivity index (χ1n) is 14.0. The molecular formula is C38H18S2Se2. The fourth-order valence-corrected chi connectivity index (χ4v) is 12.7. The van der Waals surface area contributed by atoms with Gasteiger partial charge in [-0.1, -0.05) is 0 Å². The van der Waals surface area contributed by atoms with Gasteiger partial charge in [0, 0.05) is 0 Å². The number of rotatable bonds is 0. The molecule has 11 rings (SSSR count). The molecule has 0 unspecified atom stereocenters. The van der Waals surface area contributed by atoms with E-state index in [9.17, 15) is 0 Å². The van der Waals surface area contributed by atoms with Crippen molar-refractivity contribution >= 4 is 154 Å². The average Bonchev–Trinajstić information content (AvgIpc) is 3.78. The summed E-state index contributed by atoms with van der Waals surface area (Å²) in [5.74, 6) is 0. The van der Waals surface area contributed by atoms with Crippen molar-refractivity contribution in [3.8, 4) is 0 Å². The van der Waals surface area contributed by atoms with Gasteiger partial charge in [0.05, 0.1) is 0 Å². The van der Waals surface area contributed by atoms with E-state index >= 15 is 0 Å². The molecule has 194 valence electrons. The summed E-state index contributed by atoms with van der Waals surface area (Å²) in [5, 5.41) is 19.1. The van der Waals surface area contributed by atoms with Gasteiger partial charge in [0.15, 0.2) is 0 Å². The number of hydrogen-bond acceptors (Lipinski definition) is 2. The fourth-order valence-electron chi connectivity index (χ4n) is 6.96. The first kappa shape index (κ1) is 23.1. The molecule has 11 aromatic rings. The van der Waals surface area contributed by atoms with Crippen LogP contribution < -0.4 is 0 Å². The molecule has 0 saturated carbocycles. The van der Waals surface area contributed by atoms with Crippen molar-refractivity contribution in [3.63, 3.8) is 0 Å². The molecule has 0 N–H and O–H groups in total. The summed E-state index contributed by atoms with van der Waals surface area (Å²) in [6.45, 7) is 0. The first-order valence-corrected chi connectivity index (χ1v) is 19.3. The fraction of sp³-hybridized carbons (Fsp3) is 0. The van der Waals surface area contributed by atoms with E-state index < -0.39 is 0 Å². The molecule has 0 atom stereocenters. The second-order valence-electron chi connectivity index (χ2n) is 11.5. The van der Waals surface area contributed by atoms with Crippen LogP contribution in [-0.4, -0.2) is 29.0 Å². The van der Waals surface area contributed by atoms with E-state index in [1.807, 2.05) is 22.7 Å². The van der Waals surface area contributed by atoms with Gasteiger partial charge < -0.3 is 0 Å². The molecule has 0 bridgehead atoms. The Hall–Kier alpha value is -3.46. The molecule has 42 heavy (non-hydrogen) atoms. The second kappa shape index (κ2) is 8.13. The molecule has 0 amide bonds. The van der Waals surface area contributed by atoms with Crippen LogP contribution in [0.25, 0.3) is 103 Å². The summed E-state index contributed by atoms with van der Waals surface area (Å²) in [7, 11) is 0. The van der Waals surface area contributed by atoms with Crippen molar-refractivity contribution in [2.24, 2.45) is 0 Å². The Morgan fingerprint density at radius 1 is 0.310 bits per heavy atom. The van der Waals surface area contributed by atoms with Crippen LogP contribution in [0.1, 0.15) is 0 Å². The summed E-state index contributed by atoms with van der Waals surface area (Å²) >= 11 is 4.83. The van der Waals surface area contributed by atoms with Crippen LogP contribution in [0.2, 0.25) is 0 Å². The Kier molecular flexibility index (Phi) is 4.46. The average molecular weight is 697 g/mol. The van der Waals surface area contributed by atoms with E-state index in [4.69, 9.17) is 0 Å². The zero-order chi connectivity index (χ0) is 27.1. The Labute approximate surface area is 259 Å². The molecule has 0 nitrogen and oxygen atoms in total. The molecule has 0 fully saturated rings. The van der Waals surface area contributed by atoms with Crippen LogP contribution in [0.4, 0.5) is 0 Å². The molecule has 4 heterocycles. The van der Waals surface area contributed by atoms with Crippen molar-refractivity contribution < 1.29 is 0 Å². The van der Waals surface area contributed by atoms with Crippen LogP contribution in [-0.2, 0) is 0 Å². The first-order chi connectivity index (χ1) is 20.7. The van der Waals surface area contributed by atoms with Gasteiger partial charge in [-0.25, -0.2) is 0 Å². The van der Waals surface area contributed by atoms with Crippen LogP contribution in [0.5, 0.6) is 0 Å². The van der Waals surface area contributed by atoms with Gasteiger partial charge in [-0.05, 0) is 0 Å². The predicted octanol–water partition coefficient (Wildman–Crippen LogP) is 11.5. The minimum absolute atomic E-state index is 0.475. The van der Waals surface area contributed by atoms with Gasteiger partial charge in [-0.3, -0.25) is 0 Å². The quantitative estimate of drug-likeness (QED) is 0.109. The summed E-state index contributed by atoms with van der Waals surface area (Å²) in [5.41, 5.74) is 0. The Balaban J connectivity index is 1.15. The van der Waals surface area contributed by atoms with E-state index in [-0.39, 0.29) is 0 Å². The molecule has 4 heteroatoms. The summed E-state index contributed by atoms with van der Waals surface area (Å²) in [6, 6.07) is 38.4. The summed E-state index contributed by atoms with van der Waals surface area (Å²) in [4.78, 5) is 4.67. The van der Waals surface area contributed by atoms with Gasteiger partial charge in [0.2, 0.25) is 0 Å². The summed E-state index contributed by atoms with van der Waals surface area (Å²) in [6.07, 6.45) is 0. The van der Waals surface area contributed by atoms with Crippen LogP contribution in [0, 0.1) is 0 Å². The third-order valence-electron chi connectivity index (χ3n) is 9.03. The van der Waals surface area contributed by atoms with E-state index in [2.05, 4.69) is 107 Å². The Bertz CT molecular complexity index is 2760. The number of benzene rings is 7. The molecule has 0 spiro atoms. The van der Waals surface area contributed by atoms with Crippen molar-refractivity contribution in [1.82, 2.24) is 0 Å². The van der Waals surface area contributed by atoms with Gasteiger partial charge in [-0.2, -0.15) is 0 Å². The van der Waals surface area contributed by atoms with Gasteiger partial charge in [0.1, 0.15) is 0 Å². The van der Waals surface area contributed by atoms with E-state index in [0.717, 1.165) is 0 Å². The van der Waals surface area contributed by atoms with Gasteiger partial charge >= 0.3 is 261 Å². The van der Waals surface area contributed by atoms with Crippen LogP contribution >= 0.6 is 22.7 Å². The number of thiophene rings is 2. The number of fused-ring (bicyclic) bond motifs is 12. The maximum absolute atomic E-state index is 2.46. The second-order valence-corrected chi connectivity index (χ2v) is 17.6. The molecule has 7 aromatic carbocycles. The third-order valence-corrected chi connectivity index (χ3v) is 15.0. The zero-order valence-electron chi connectivity index (χ0n) is 22.0. The molecule has 0 aliphatic carbocycles. The molecule has 0 aliphatic rings. The van der Waals surface area contributed by atoms with Crippen molar-refractivity contribution in [1.29, 1.82) is 0 Å². The van der Waals surface area contributed by atoms with E-state index in [1.54, 1.807) is 0 Å². The summed E-state index contributed by atoms with van der Waals surface area (Å²) < 4.78 is 8.54. The third kappa shape index (κ3) is 3.18. The monoisotopic (exact) mass is 698 g/mol. The normalized spacial score (nSPS) is 12.8. The van der Waals surface area contributed by atoms with Crippen molar-refractivity contribution in [2.45, 2.75) is 0 Å². The van der Waals surface area contributed by atoms with Gasteiger partial charge in [0.25, 0.3) is 0 Å². The molecule has 0 saturated heterocycles. The molecule has 0 radical (unpaired) electrons. The van der Waals surface area contributed by atoms with Crippen LogP contribution in [0.3, 0.4) is 0 Å². The van der Waals surface area contributed by atoms with Crippen molar-refractivity contribution in [2.75, 3.05) is 0 Å².